The fourth-order valence-electron chi connectivity index (χ4n) is 1.65. The van der Waals surface area contributed by atoms with Crippen LogP contribution in [-0.4, -0.2) is 23.0 Å². The average Bonchev–Trinajstić information content (AvgIpc) is 2.19. The Hall–Kier alpha value is -1.17. The first-order valence-electron chi connectivity index (χ1n) is 5.20. The Bertz CT molecular complexity index is 331. The molecule has 0 saturated heterocycles. The second kappa shape index (κ2) is 5.44. The quantitative estimate of drug-likeness (QED) is 0.535. The van der Waals surface area contributed by atoms with E-state index >= 15 is 0 Å². The normalized spacial score (nSPS) is 21.0. The highest BCUT2D eigenvalue weighted by Crippen LogP contribution is 2.32. The number of hydrogen-bond donors (Lipinski definition) is 3. The largest absolute Gasteiger partial charge is 0.387 e. The molecule has 1 rings (SSSR count). The molecular weight excluding hydrogens is 252 g/mol. The Kier molecular flexibility index (Phi) is 4.45. The number of amides is 1. The predicted octanol–water partition coefficient (Wildman–Crippen LogP) is 1.74. The lowest BCUT2D eigenvalue weighted by atomic mass is 9.92. The number of alkyl halides is 2. The lowest BCUT2D eigenvalue weighted by molar-refractivity contribution is -0.114. The van der Waals surface area contributed by atoms with Crippen LogP contribution in [0, 0.1) is 5.41 Å². The summed E-state index contributed by atoms with van der Waals surface area (Å²) >= 11 is 5.36. The molecule has 1 saturated carbocycles. The van der Waals surface area contributed by atoms with Crippen LogP contribution in [0.25, 0.3) is 0 Å². The van der Waals surface area contributed by atoms with Gasteiger partial charge in [0.25, 0.3) is 5.91 Å². The standard InChI is InChI=1S/C10H14ClF2N3O/c11-8(14)7(9(15)17)5-16-6-1-3-10(12,13)4-2-6/h5-6,14,16H,1-4H2,(H2,15,17)/b7-5+,14-8?. The Balaban J connectivity index is 2.53. The maximum absolute atomic E-state index is 12.9. The predicted molar refractivity (Wildman–Crippen MR) is 61.2 cm³/mol. The molecule has 0 aromatic rings. The summed E-state index contributed by atoms with van der Waals surface area (Å²) in [5, 5.41) is 9.43. The smallest absolute Gasteiger partial charge is 0.253 e. The molecule has 1 aliphatic carbocycles. The third kappa shape index (κ3) is 4.30. The van der Waals surface area contributed by atoms with Gasteiger partial charge in [0.05, 0.1) is 5.57 Å². The highest BCUT2D eigenvalue weighted by Gasteiger charge is 2.34. The fraction of sp³-hybridized carbons (Fsp3) is 0.600. The first kappa shape index (κ1) is 13.9. The molecule has 17 heavy (non-hydrogen) atoms. The van der Waals surface area contributed by atoms with Crippen molar-refractivity contribution in [3.63, 3.8) is 0 Å². The number of nitrogens with two attached hydrogens (primary N) is 1. The van der Waals surface area contributed by atoms with Crippen LogP contribution in [0.5, 0.6) is 0 Å². The van der Waals surface area contributed by atoms with Crippen molar-refractivity contribution in [2.24, 2.45) is 5.73 Å². The molecule has 0 aromatic carbocycles. The molecule has 0 aliphatic heterocycles. The van der Waals surface area contributed by atoms with Gasteiger partial charge in [0.15, 0.2) is 0 Å². The van der Waals surface area contributed by atoms with E-state index in [0.29, 0.717) is 12.8 Å². The second-order valence-corrected chi connectivity index (χ2v) is 4.41. The molecule has 1 aliphatic rings. The van der Waals surface area contributed by atoms with Gasteiger partial charge in [0, 0.05) is 25.1 Å². The van der Waals surface area contributed by atoms with Crippen molar-refractivity contribution in [1.82, 2.24) is 5.32 Å². The Morgan fingerprint density at radius 3 is 2.41 bits per heavy atom. The summed E-state index contributed by atoms with van der Waals surface area (Å²) in [6.07, 6.45) is 1.49. The average molecular weight is 266 g/mol. The summed E-state index contributed by atoms with van der Waals surface area (Å²) in [7, 11) is 0. The van der Waals surface area contributed by atoms with Crippen LogP contribution >= 0.6 is 11.6 Å². The summed E-state index contributed by atoms with van der Waals surface area (Å²) in [6, 6.07) is -0.139. The van der Waals surface area contributed by atoms with Crippen LogP contribution in [0.4, 0.5) is 8.78 Å². The van der Waals surface area contributed by atoms with Crippen LogP contribution in [-0.2, 0) is 4.79 Å². The van der Waals surface area contributed by atoms with Gasteiger partial charge >= 0.3 is 0 Å². The molecule has 0 bridgehead atoms. The van der Waals surface area contributed by atoms with E-state index in [-0.39, 0.29) is 24.5 Å². The molecule has 96 valence electrons. The molecule has 7 heteroatoms. The molecule has 0 aromatic heterocycles. The third-order valence-corrected chi connectivity index (χ3v) is 2.89. The lowest BCUT2D eigenvalue weighted by Crippen LogP contribution is -2.35. The van der Waals surface area contributed by atoms with Crippen molar-refractivity contribution in [1.29, 1.82) is 5.41 Å². The second-order valence-electron chi connectivity index (χ2n) is 4.03. The first-order valence-corrected chi connectivity index (χ1v) is 5.58. The number of carbonyl (C=O) groups excluding carboxylic acids is 1. The van der Waals surface area contributed by atoms with Crippen molar-refractivity contribution < 1.29 is 13.6 Å². The molecule has 0 unspecified atom stereocenters. The van der Waals surface area contributed by atoms with Gasteiger partial charge in [-0.2, -0.15) is 0 Å². The van der Waals surface area contributed by atoms with Crippen LogP contribution in [0.3, 0.4) is 0 Å². The van der Waals surface area contributed by atoms with E-state index in [0.717, 1.165) is 0 Å². The van der Waals surface area contributed by atoms with Gasteiger partial charge in [0.2, 0.25) is 5.92 Å². The van der Waals surface area contributed by atoms with E-state index in [9.17, 15) is 13.6 Å². The zero-order valence-electron chi connectivity index (χ0n) is 9.10. The fourth-order valence-corrected chi connectivity index (χ4v) is 1.80. The minimum atomic E-state index is -2.59. The van der Waals surface area contributed by atoms with Crippen LogP contribution < -0.4 is 11.1 Å². The molecule has 0 atom stereocenters. The van der Waals surface area contributed by atoms with Crippen molar-refractivity contribution >= 4 is 22.7 Å². The number of primary amides is 1. The molecule has 4 nitrogen and oxygen atoms in total. The van der Waals surface area contributed by atoms with Gasteiger partial charge in [-0.3, -0.25) is 10.2 Å². The van der Waals surface area contributed by atoms with E-state index in [1.165, 1.54) is 6.20 Å². The molecule has 0 spiro atoms. The zero-order valence-corrected chi connectivity index (χ0v) is 9.86. The zero-order chi connectivity index (χ0) is 13.1. The minimum absolute atomic E-state index is 0.139. The van der Waals surface area contributed by atoms with E-state index in [1.807, 2.05) is 0 Å². The Labute approximate surface area is 103 Å². The van der Waals surface area contributed by atoms with Crippen molar-refractivity contribution in [2.75, 3.05) is 0 Å². The van der Waals surface area contributed by atoms with Crippen LogP contribution in [0.2, 0.25) is 0 Å². The van der Waals surface area contributed by atoms with Gasteiger partial charge in [-0.15, -0.1) is 0 Å². The summed E-state index contributed by atoms with van der Waals surface area (Å²) in [6.45, 7) is 0. The Morgan fingerprint density at radius 2 is 2.00 bits per heavy atom. The maximum atomic E-state index is 12.9. The van der Waals surface area contributed by atoms with Crippen LogP contribution in [0.1, 0.15) is 25.7 Å². The van der Waals surface area contributed by atoms with Gasteiger partial charge < -0.3 is 11.1 Å². The number of rotatable bonds is 4. The minimum Gasteiger partial charge on any atom is -0.387 e. The SMILES string of the molecule is N=C(Cl)/C(=C\NC1CCC(F)(F)CC1)C(N)=O. The van der Waals surface area contributed by atoms with Crippen LogP contribution in [0.15, 0.2) is 11.8 Å². The van der Waals surface area contributed by atoms with Crippen molar-refractivity contribution in [2.45, 2.75) is 37.6 Å². The Morgan fingerprint density at radius 1 is 1.47 bits per heavy atom. The summed E-state index contributed by atoms with van der Waals surface area (Å²) in [4.78, 5) is 10.9. The molecule has 4 N–H and O–H groups in total. The van der Waals surface area contributed by atoms with Crippen molar-refractivity contribution in [3.05, 3.63) is 11.8 Å². The highest BCUT2D eigenvalue weighted by molar-refractivity contribution is 6.71. The molecule has 0 radical (unpaired) electrons. The lowest BCUT2D eigenvalue weighted by Gasteiger charge is -2.28. The number of halogens is 3. The summed E-state index contributed by atoms with van der Waals surface area (Å²) in [5.41, 5.74) is 4.85. The highest BCUT2D eigenvalue weighted by atomic mass is 35.5. The number of nitrogens with one attached hydrogen (secondary N) is 2. The molecule has 1 amide bonds. The topological polar surface area (TPSA) is 79.0 Å². The monoisotopic (exact) mass is 265 g/mol. The summed E-state index contributed by atoms with van der Waals surface area (Å²) in [5.74, 6) is -3.41. The molecule has 1 fully saturated rings. The van der Waals surface area contributed by atoms with E-state index in [1.54, 1.807) is 0 Å². The number of carbonyl (C=O) groups is 1. The van der Waals surface area contributed by atoms with Crippen molar-refractivity contribution in [3.8, 4) is 0 Å². The van der Waals surface area contributed by atoms with E-state index in [2.05, 4.69) is 5.32 Å². The van der Waals surface area contributed by atoms with Gasteiger partial charge in [-0.1, -0.05) is 11.6 Å². The first-order chi connectivity index (χ1) is 7.82. The maximum Gasteiger partial charge on any atom is 0.253 e. The van der Waals surface area contributed by atoms with E-state index < -0.39 is 17.0 Å². The van der Waals surface area contributed by atoms with Gasteiger partial charge in [-0.05, 0) is 12.8 Å². The molecule has 0 heterocycles. The molecular formula is C10H14ClF2N3O. The van der Waals surface area contributed by atoms with E-state index in [4.69, 9.17) is 22.7 Å². The number of hydrogen-bond acceptors (Lipinski definition) is 3. The summed E-state index contributed by atoms with van der Waals surface area (Å²) < 4.78 is 25.7. The van der Waals surface area contributed by atoms with Gasteiger partial charge in [-0.25, -0.2) is 8.78 Å². The van der Waals surface area contributed by atoms with Gasteiger partial charge in [0.1, 0.15) is 5.17 Å². The third-order valence-electron chi connectivity index (χ3n) is 2.68.